The van der Waals surface area contributed by atoms with Crippen molar-refractivity contribution in [3.05, 3.63) is 28.7 Å². The fraction of sp³-hybridized carbons (Fsp3) is 0.692. The molecular formula is C26H40N8O3. The van der Waals surface area contributed by atoms with E-state index in [4.69, 9.17) is 4.74 Å². The monoisotopic (exact) mass is 512 g/mol. The maximum atomic E-state index is 13.7. The van der Waals surface area contributed by atoms with Crippen molar-refractivity contribution in [2.45, 2.75) is 58.7 Å². The van der Waals surface area contributed by atoms with Crippen LogP contribution in [0.1, 0.15) is 53.6 Å². The number of nitrogens with zero attached hydrogens (tertiary/aromatic N) is 6. The maximum absolute atomic E-state index is 13.7. The fourth-order valence-corrected chi connectivity index (χ4v) is 5.83. The Morgan fingerprint density at radius 1 is 1.24 bits per heavy atom. The lowest BCUT2D eigenvalue weighted by atomic mass is 9.99. The highest BCUT2D eigenvalue weighted by Crippen LogP contribution is 2.40. The number of aromatic nitrogens is 4. The lowest BCUT2D eigenvalue weighted by Crippen LogP contribution is -2.48. The van der Waals surface area contributed by atoms with Crippen molar-refractivity contribution in [3.8, 4) is 0 Å². The van der Waals surface area contributed by atoms with Crippen LogP contribution in [-0.2, 0) is 18.3 Å². The van der Waals surface area contributed by atoms with Crippen molar-refractivity contribution in [3.63, 3.8) is 0 Å². The third kappa shape index (κ3) is 5.52. The van der Waals surface area contributed by atoms with Gasteiger partial charge in [0.2, 0.25) is 0 Å². The van der Waals surface area contributed by atoms with Crippen molar-refractivity contribution in [1.29, 1.82) is 0 Å². The Kier molecular flexibility index (Phi) is 7.26. The van der Waals surface area contributed by atoms with Crippen LogP contribution in [0, 0.1) is 25.7 Å². The van der Waals surface area contributed by atoms with Gasteiger partial charge in [0.25, 0.3) is 5.91 Å². The third-order valence-electron chi connectivity index (χ3n) is 8.18. The van der Waals surface area contributed by atoms with Gasteiger partial charge in [-0.2, -0.15) is 10.2 Å². The maximum Gasteiger partial charge on any atom is 0.320 e. The lowest BCUT2D eigenvalue weighted by molar-refractivity contribution is 0.0452. The predicted molar refractivity (Wildman–Crippen MR) is 139 cm³/mol. The molecule has 0 spiro atoms. The van der Waals surface area contributed by atoms with Crippen LogP contribution >= 0.6 is 0 Å². The zero-order valence-electron chi connectivity index (χ0n) is 22.7. The van der Waals surface area contributed by atoms with Gasteiger partial charge in [0, 0.05) is 70.3 Å². The molecule has 3 amide bonds. The summed E-state index contributed by atoms with van der Waals surface area (Å²) in [6.45, 7) is 11.0. The summed E-state index contributed by atoms with van der Waals surface area (Å²) in [5, 5.41) is 14.4. The highest BCUT2D eigenvalue weighted by molar-refractivity contribution is 6.03. The molecule has 11 heteroatoms. The number of amides is 3. The summed E-state index contributed by atoms with van der Waals surface area (Å²) in [6.07, 6.45) is 3.34. The largest absolute Gasteiger partial charge is 0.381 e. The molecule has 202 valence electrons. The standard InChI is InChI=1S/C26H40N8O3/c1-16-10-23(32(5)30-16)25(35)27-24-21(18(3)28-29-24)15-31(4)26(36)34-12-17(2)33(14-20-11-22(20)34)13-19-6-8-37-9-7-19/h10,17,19-20,22H,6-9,11-15H2,1-5H3,(H2,27,28,29,35)/t17-,20?,22?/m1/s1. The summed E-state index contributed by atoms with van der Waals surface area (Å²) in [5.74, 6) is 1.40. The van der Waals surface area contributed by atoms with Crippen LogP contribution in [0.3, 0.4) is 0 Å². The molecule has 3 atom stereocenters. The SMILES string of the molecule is Cc1cc(C(=O)Nc2n[nH]c(C)c2CN(C)C(=O)N2C[C@@H](C)N(CC3CCOCC3)CC3CC32)n(C)n1. The van der Waals surface area contributed by atoms with E-state index >= 15 is 0 Å². The van der Waals surface area contributed by atoms with Gasteiger partial charge >= 0.3 is 6.03 Å². The first-order chi connectivity index (χ1) is 17.7. The van der Waals surface area contributed by atoms with Crippen LogP contribution in [0.15, 0.2) is 6.07 Å². The molecule has 37 heavy (non-hydrogen) atoms. The fourth-order valence-electron chi connectivity index (χ4n) is 5.83. The number of aryl methyl sites for hydroxylation is 3. The van der Waals surface area contributed by atoms with Crippen LogP contribution < -0.4 is 5.32 Å². The Labute approximate surface area is 218 Å². The topological polar surface area (TPSA) is 112 Å². The van der Waals surface area contributed by atoms with Crippen molar-refractivity contribution >= 4 is 17.8 Å². The summed E-state index contributed by atoms with van der Waals surface area (Å²) in [5.41, 5.74) is 2.86. The highest BCUT2D eigenvalue weighted by Gasteiger charge is 2.48. The zero-order chi connectivity index (χ0) is 26.3. The smallest absolute Gasteiger partial charge is 0.320 e. The average Bonchev–Trinajstić information content (AvgIpc) is 3.46. The van der Waals surface area contributed by atoms with Crippen molar-refractivity contribution in [2.24, 2.45) is 18.9 Å². The van der Waals surface area contributed by atoms with Gasteiger partial charge < -0.3 is 19.9 Å². The van der Waals surface area contributed by atoms with Gasteiger partial charge in [-0.15, -0.1) is 0 Å². The average molecular weight is 513 g/mol. The first kappa shape index (κ1) is 25.7. The first-order valence-electron chi connectivity index (χ1n) is 13.4. The molecule has 0 radical (unpaired) electrons. The van der Waals surface area contributed by atoms with E-state index in [0.717, 1.165) is 69.1 Å². The number of ether oxygens (including phenoxy) is 1. The molecule has 4 heterocycles. The number of aromatic amines is 1. The highest BCUT2D eigenvalue weighted by atomic mass is 16.5. The molecular weight excluding hydrogens is 472 g/mol. The van der Waals surface area contributed by atoms with E-state index in [1.807, 2.05) is 20.9 Å². The van der Waals surface area contributed by atoms with Gasteiger partial charge in [-0.3, -0.25) is 19.5 Å². The van der Waals surface area contributed by atoms with E-state index < -0.39 is 0 Å². The summed E-state index contributed by atoms with van der Waals surface area (Å²) in [7, 11) is 3.57. The summed E-state index contributed by atoms with van der Waals surface area (Å²) in [4.78, 5) is 32.9. The molecule has 1 saturated carbocycles. The van der Waals surface area contributed by atoms with Crippen LogP contribution in [0.4, 0.5) is 10.6 Å². The minimum atomic E-state index is -0.281. The minimum Gasteiger partial charge on any atom is -0.381 e. The second-order valence-electron chi connectivity index (χ2n) is 11.1. The number of rotatable bonds is 6. The Hall–Kier alpha value is -2.92. The summed E-state index contributed by atoms with van der Waals surface area (Å²) < 4.78 is 7.10. The van der Waals surface area contributed by atoms with E-state index in [1.54, 1.807) is 22.7 Å². The Morgan fingerprint density at radius 3 is 2.70 bits per heavy atom. The van der Waals surface area contributed by atoms with Gasteiger partial charge in [0.15, 0.2) is 5.82 Å². The molecule has 2 aromatic rings. The Bertz CT molecular complexity index is 1140. The number of H-pyrrole nitrogens is 1. The van der Waals surface area contributed by atoms with Crippen LogP contribution in [0.2, 0.25) is 0 Å². The Morgan fingerprint density at radius 2 is 2.00 bits per heavy atom. The van der Waals surface area contributed by atoms with Gasteiger partial charge in [-0.05, 0) is 57.9 Å². The molecule has 2 aromatic heterocycles. The molecule has 0 aromatic carbocycles. The Balaban J connectivity index is 1.23. The summed E-state index contributed by atoms with van der Waals surface area (Å²) in [6, 6.07) is 2.41. The molecule has 5 rings (SSSR count). The number of nitrogens with one attached hydrogen (secondary N) is 2. The molecule has 2 saturated heterocycles. The number of urea groups is 1. The van der Waals surface area contributed by atoms with E-state index in [9.17, 15) is 9.59 Å². The minimum absolute atomic E-state index is 0.0346. The number of carbonyl (C=O) groups is 2. The molecule has 11 nitrogen and oxygen atoms in total. The number of fused-ring (bicyclic) bond motifs is 1. The molecule has 2 aliphatic heterocycles. The molecule has 0 bridgehead atoms. The molecule has 3 aliphatic rings. The molecule has 3 fully saturated rings. The lowest BCUT2D eigenvalue weighted by Gasteiger charge is -2.35. The second-order valence-corrected chi connectivity index (χ2v) is 11.1. The predicted octanol–water partition coefficient (Wildman–Crippen LogP) is 2.39. The zero-order valence-corrected chi connectivity index (χ0v) is 22.7. The van der Waals surface area contributed by atoms with Gasteiger partial charge in [-0.25, -0.2) is 4.79 Å². The number of anilines is 1. The third-order valence-corrected chi connectivity index (χ3v) is 8.18. The normalized spacial score (nSPS) is 24.5. The van der Waals surface area contributed by atoms with Crippen LogP contribution in [-0.4, -0.2) is 98.6 Å². The number of hydrogen-bond donors (Lipinski definition) is 2. The van der Waals surface area contributed by atoms with E-state index in [0.29, 0.717) is 42.0 Å². The molecule has 1 aliphatic carbocycles. The second kappa shape index (κ2) is 10.4. The van der Waals surface area contributed by atoms with Crippen molar-refractivity contribution in [2.75, 3.05) is 45.2 Å². The summed E-state index contributed by atoms with van der Waals surface area (Å²) >= 11 is 0. The van der Waals surface area contributed by atoms with Crippen molar-refractivity contribution < 1.29 is 14.3 Å². The van der Waals surface area contributed by atoms with Crippen molar-refractivity contribution in [1.82, 2.24) is 34.7 Å². The van der Waals surface area contributed by atoms with E-state index in [-0.39, 0.29) is 11.9 Å². The van der Waals surface area contributed by atoms with Gasteiger partial charge in [0.05, 0.1) is 12.2 Å². The van der Waals surface area contributed by atoms with Gasteiger partial charge in [-0.1, -0.05) is 0 Å². The van der Waals surface area contributed by atoms with E-state index in [2.05, 4.69) is 37.3 Å². The van der Waals surface area contributed by atoms with Gasteiger partial charge in [0.1, 0.15) is 5.69 Å². The first-order valence-corrected chi connectivity index (χ1v) is 13.4. The number of hydrogen-bond acceptors (Lipinski definition) is 6. The molecule has 2 N–H and O–H groups in total. The van der Waals surface area contributed by atoms with Crippen LogP contribution in [0.25, 0.3) is 0 Å². The van der Waals surface area contributed by atoms with Crippen LogP contribution in [0.5, 0.6) is 0 Å². The quantitative estimate of drug-likeness (QED) is 0.615. The number of carbonyl (C=O) groups excluding carboxylic acids is 2. The molecule has 2 unspecified atom stereocenters. The van der Waals surface area contributed by atoms with E-state index in [1.165, 1.54) is 0 Å².